The standard InChI is InChI=1S/C26H44O3/c1-17(2)9-8-10-18(3)19-12-13-20-23(24(28)29)21(14-16-25(19,20)4)26(5)15-7-6-11-22(26)27/h17-21,23H,6-16H2,1-5H3,(H,28,29). The summed E-state index contributed by atoms with van der Waals surface area (Å²) in [5.41, 5.74) is -0.283. The lowest BCUT2D eigenvalue weighted by Gasteiger charge is -2.53. The van der Waals surface area contributed by atoms with Crippen LogP contribution in [0.15, 0.2) is 0 Å². The van der Waals surface area contributed by atoms with Gasteiger partial charge < -0.3 is 5.11 Å². The van der Waals surface area contributed by atoms with Crippen molar-refractivity contribution in [2.75, 3.05) is 0 Å². The molecule has 0 heterocycles. The number of hydrogen-bond acceptors (Lipinski definition) is 2. The molecule has 3 aliphatic rings. The summed E-state index contributed by atoms with van der Waals surface area (Å²) in [6, 6.07) is 0. The first-order chi connectivity index (χ1) is 13.6. The van der Waals surface area contributed by atoms with Crippen LogP contribution < -0.4 is 0 Å². The number of ketones is 1. The summed E-state index contributed by atoms with van der Waals surface area (Å²) in [6.07, 6.45) is 11.7. The van der Waals surface area contributed by atoms with Crippen LogP contribution >= 0.6 is 0 Å². The predicted molar refractivity (Wildman–Crippen MR) is 118 cm³/mol. The summed E-state index contributed by atoms with van der Waals surface area (Å²) in [7, 11) is 0. The van der Waals surface area contributed by atoms with E-state index in [1.807, 2.05) is 0 Å². The number of Topliss-reactive ketones (excluding diaryl/α,β-unsaturated/α-hetero) is 1. The van der Waals surface area contributed by atoms with Crippen molar-refractivity contribution in [2.24, 2.45) is 46.3 Å². The molecule has 0 aromatic rings. The molecule has 29 heavy (non-hydrogen) atoms. The van der Waals surface area contributed by atoms with E-state index in [-0.39, 0.29) is 23.2 Å². The Kier molecular flexibility index (Phi) is 6.85. The summed E-state index contributed by atoms with van der Waals surface area (Å²) in [5, 5.41) is 10.3. The number of hydrogen-bond donors (Lipinski definition) is 1. The first-order valence-corrected chi connectivity index (χ1v) is 12.4. The Hall–Kier alpha value is -0.860. The van der Waals surface area contributed by atoms with Crippen molar-refractivity contribution >= 4 is 11.8 Å². The molecule has 7 atom stereocenters. The van der Waals surface area contributed by atoms with Gasteiger partial charge in [0.05, 0.1) is 5.92 Å². The van der Waals surface area contributed by atoms with E-state index >= 15 is 0 Å². The molecule has 0 radical (unpaired) electrons. The van der Waals surface area contributed by atoms with Crippen molar-refractivity contribution in [2.45, 2.75) is 105 Å². The van der Waals surface area contributed by atoms with E-state index in [9.17, 15) is 14.7 Å². The van der Waals surface area contributed by atoms with Gasteiger partial charge in [0.1, 0.15) is 5.78 Å². The average molecular weight is 405 g/mol. The molecule has 0 aliphatic heterocycles. The van der Waals surface area contributed by atoms with Gasteiger partial charge in [0.2, 0.25) is 0 Å². The molecule has 0 saturated heterocycles. The van der Waals surface area contributed by atoms with Gasteiger partial charge in [0.15, 0.2) is 0 Å². The number of aliphatic carboxylic acids is 1. The van der Waals surface area contributed by atoms with Gasteiger partial charge >= 0.3 is 5.97 Å². The average Bonchev–Trinajstić information content (AvgIpc) is 2.99. The fourth-order valence-electron chi connectivity index (χ4n) is 7.82. The van der Waals surface area contributed by atoms with Gasteiger partial charge in [-0.15, -0.1) is 0 Å². The number of fused-ring (bicyclic) bond motifs is 1. The van der Waals surface area contributed by atoms with Crippen molar-refractivity contribution in [1.29, 1.82) is 0 Å². The molecule has 3 heteroatoms. The minimum atomic E-state index is -0.640. The van der Waals surface area contributed by atoms with Crippen molar-refractivity contribution in [3.05, 3.63) is 0 Å². The third-order valence-electron chi connectivity index (χ3n) is 9.56. The van der Waals surface area contributed by atoms with E-state index in [2.05, 4.69) is 34.6 Å². The van der Waals surface area contributed by atoms with E-state index in [1.165, 1.54) is 25.7 Å². The lowest BCUT2D eigenvalue weighted by molar-refractivity contribution is -0.161. The zero-order chi connectivity index (χ0) is 21.4. The molecule has 0 bridgehead atoms. The molecule has 1 N–H and O–H groups in total. The summed E-state index contributed by atoms with van der Waals surface area (Å²) >= 11 is 0. The molecule has 3 rings (SSSR count). The van der Waals surface area contributed by atoms with Crippen LogP contribution in [0.5, 0.6) is 0 Å². The summed E-state index contributed by atoms with van der Waals surface area (Å²) < 4.78 is 0. The van der Waals surface area contributed by atoms with E-state index in [4.69, 9.17) is 0 Å². The van der Waals surface area contributed by atoms with Gasteiger partial charge in [0.25, 0.3) is 0 Å². The monoisotopic (exact) mass is 404 g/mol. The maximum Gasteiger partial charge on any atom is 0.307 e. The van der Waals surface area contributed by atoms with E-state index in [1.54, 1.807) is 0 Å². The Labute approximate surface area is 178 Å². The highest BCUT2D eigenvalue weighted by molar-refractivity contribution is 5.86. The van der Waals surface area contributed by atoms with Gasteiger partial charge in [-0.2, -0.15) is 0 Å². The van der Waals surface area contributed by atoms with Crippen molar-refractivity contribution in [1.82, 2.24) is 0 Å². The molecule has 3 nitrogen and oxygen atoms in total. The Morgan fingerprint density at radius 2 is 1.76 bits per heavy atom. The Morgan fingerprint density at radius 3 is 2.38 bits per heavy atom. The zero-order valence-corrected chi connectivity index (χ0v) is 19.5. The molecule has 0 spiro atoms. The van der Waals surface area contributed by atoms with E-state index in [0.717, 1.165) is 44.4 Å². The minimum Gasteiger partial charge on any atom is -0.481 e. The third-order valence-corrected chi connectivity index (χ3v) is 9.56. The highest BCUT2D eigenvalue weighted by atomic mass is 16.4. The van der Waals surface area contributed by atoms with Crippen LogP contribution in [0, 0.1) is 46.3 Å². The van der Waals surface area contributed by atoms with Crippen molar-refractivity contribution in [3.8, 4) is 0 Å². The molecule has 3 aliphatic carbocycles. The molecule has 0 aromatic carbocycles. The molecule has 0 amide bonds. The quantitative estimate of drug-likeness (QED) is 0.511. The second-order valence-electron chi connectivity index (χ2n) is 11.7. The molecule has 0 aromatic heterocycles. The van der Waals surface area contributed by atoms with Gasteiger partial charge in [0, 0.05) is 11.8 Å². The van der Waals surface area contributed by atoms with Crippen LogP contribution in [-0.4, -0.2) is 16.9 Å². The maximum absolute atomic E-state index is 12.9. The topological polar surface area (TPSA) is 54.4 Å². The molecular weight excluding hydrogens is 360 g/mol. The predicted octanol–water partition coefficient (Wildman–Crippen LogP) is 6.74. The van der Waals surface area contributed by atoms with Crippen molar-refractivity contribution in [3.63, 3.8) is 0 Å². The van der Waals surface area contributed by atoms with Gasteiger partial charge in [-0.1, -0.05) is 60.3 Å². The summed E-state index contributed by atoms with van der Waals surface area (Å²) in [6.45, 7) is 11.5. The maximum atomic E-state index is 12.9. The van der Waals surface area contributed by atoms with Crippen LogP contribution in [0.1, 0.15) is 105 Å². The second-order valence-corrected chi connectivity index (χ2v) is 11.7. The number of carboxylic acid groups (broad SMARTS) is 1. The lowest BCUT2D eigenvalue weighted by Crippen LogP contribution is -2.52. The first kappa shape index (κ1) is 22.8. The van der Waals surface area contributed by atoms with Crippen molar-refractivity contribution < 1.29 is 14.7 Å². The summed E-state index contributed by atoms with van der Waals surface area (Å²) in [5.74, 6) is 1.69. The number of carboxylic acids is 1. The summed E-state index contributed by atoms with van der Waals surface area (Å²) in [4.78, 5) is 25.5. The zero-order valence-electron chi connectivity index (χ0n) is 19.5. The molecule has 7 unspecified atom stereocenters. The van der Waals surface area contributed by atoms with E-state index in [0.29, 0.717) is 24.0 Å². The smallest absolute Gasteiger partial charge is 0.307 e. The fraction of sp³-hybridized carbons (Fsp3) is 0.923. The normalized spacial score (nSPS) is 41.4. The second kappa shape index (κ2) is 8.71. The molecule has 3 fully saturated rings. The van der Waals surface area contributed by atoms with Crippen LogP contribution in [0.3, 0.4) is 0 Å². The van der Waals surface area contributed by atoms with Gasteiger partial charge in [-0.3, -0.25) is 9.59 Å². The van der Waals surface area contributed by atoms with Crippen LogP contribution in [-0.2, 0) is 9.59 Å². The van der Waals surface area contributed by atoms with Gasteiger partial charge in [-0.05, 0) is 73.5 Å². The minimum absolute atomic E-state index is 0.0286. The highest BCUT2D eigenvalue weighted by Gasteiger charge is 2.60. The lowest BCUT2D eigenvalue weighted by atomic mass is 9.50. The van der Waals surface area contributed by atoms with Crippen LogP contribution in [0.25, 0.3) is 0 Å². The molecular formula is C26H44O3. The number of carbonyl (C=O) groups is 2. The third kappa shape index (κ3) is 4.17. The Balaban J connectivity index is 1.79. The first-order valence-electron chi connectivity index (χ1n) is 12.4. The van der Waals surface area contributed by atoms with E-state index < -0.39 is 11.4 Å². The number of carbonyl (C=O) groups excluding carboxylic acids is 1. The van der Waals surface area contributed by atoms with Gasteiger partial charge in [-0.25, -0.2) is 0 Å². The Bertz CT molecular complexity index is 611. The molecule has 3 saturated carbocycles. The SMILES string of the molecule is CC(C)CCCC(C)C1CCC2C(C(=O)O)C(C3(C)CCCCC3=O)CCC12C. The fourth-order valence-corrected chi connectivity index (χ4v) is 7.82. The number of rotatable bonds is 7. The largest absolute Gasteiger partial charge is 0.481 e. The molecule has 166 valence electrons. The van der Waals surface area contributed by atoms with Crippen LogP contribution in [0.2, 0.25) is 0 Å². The highest BCUT2D eigenvalue weighted by Crippen LogP contribution is 2.64. The Morgan fingerprint density at radius 1 is 1.03 bits per heavy atom. The van der Waals surface area contributed by atoms with Crippen LogP contribution in [0.4, 0.5) is 0 Å².